The molecule has 3 aliphatic rings. The van der Waals surface area contributed by atoms with Gasteiger partial charge < -0.3 is 5.32 Å². The second-order valence-electron chi connectivity index (χ2n) is 7.83. The van der Waals surface area contributed by atoms with Crippen molar-refractivity contribution in [2.45, 2.75) is 69.2 Å². The maximum Gasteiger partial charge on any atom is 0.235 e. The number of carbonyl (C=O) groups is 2. The Labute approximate surface area is 200 Å². The topological polar surface area (TPSA) is 129 Å². The summed E-state index contributed by atoms with van der Waals surface area (Å²) < 4.78 is 0. The van der Waals surface area contributed by atoms with Gasteiger partial charge >= 0.3 is 0 Å². The summed E-state index contributed by atoms with van der Waals surface area (Å²) in [5.74, 6) is 14.0. The number of amides is 2. The number of aliphatic imine (C=N–C) groups is 1. The van der Waals surface area contributed by atoms with E-state index < -0.39 is 6.29 Å². The predicted octanol–water partition coefficient (Wildman–Crippen LogP) is 2.28. The minimum Gasteiger partial charge on any atom is -0.319 e. The molecule has 5 atom stereocenters. The number of hydrogen-bond donors (Lipinski definition) is 4. The van der Waals surface area contributed by atoms with Gasteiger partial charge in [-0.1, -0.05) is 75.0 Å². The van der Waals surface area contributed by atoms with E-state index in [1.54, 1.807) is 21.6 Å². The highest BCUT2D eigenvalue weighted by atomic mass is 33.1. The van der Waals surface area contributed by atoms with E-state index in [0.717, 1.165) is 60.3 Å². The van der Waals surface area contributed by atoms with Gasteiger partial charge in [0.25, 0.3) is 0 Å². The van der Waals surface area contributed by atoms with E-state index in [1.807, 2.05) is 21.6 Å². The number of nitrogens with two attached hydrogens (primary N) is 2. The Hall–Kier alpha value is -0.310. The number of guanidine groups is 1. The summed E-state index contributed by atoms with van der Waals surface area (Å²) >= 11 is 0. The van der Waals surface area contributed by atoms with Crippen LogP contribution in [0.25, 0.3) is 0 Å². The van der Waals surface area contributed by atoms with Crippen molar-refractivity contribution in [2.24, 2.45) is 28.5 Å². The van der Waals surface area contributed by atoms with Gasteiger partial charge in [0.2, 0.25) is 24.1 Å². The van der Waals surface area contributed by atoms with E-state index in [0.29, 0.717) is 10.5 Å². The number of rotatable bonds is 9. The highest BCUT2D eigenvalue weighted by Gasteiger charge is 2.38. The maximum atomic E-state index is 13.0. The zero-order valence-electron chi connectivity index (χ0n) is 18.0. The number of hydrazine groups is 3. The van der Waals surface area contributed by atoms with E-state index in [2.05, 4.69) is 29.5 Å². The molecule has 9 nitrogen and oxygen atoms in total. The Balaban J connectivity index is 1.63. The average molecular weight is 508 g/mol. The molecule has 0 spiro atoms. The molecule has 2 saturated heterocycles. The molecule has 176 valence electrons. The fraction of sp³-hybridized carbons (Fsp3) is 0.833. The smallest absolute Gasteiger partial charge is 0.235 e. The van der Waals surface area contributed by atoms with Gasteiger partial charge in [-0.05, 0) is 25.7 Å². The molecule has 3 heterocycles. The van der Waals surface area contributed by atoms with Gasteiger partial charge in [-0.2, -0.15) is 5.12 Å². The lowest BCUT2D eigenvalue weighted by atomic mass is 9.96. The molecule has 6 N–H and O–H groups in total. The van der Waals surface area contributed by atoms with Crippen LogP contribution in [-0.4, -0.2) is 56.3 Å². The number of nitrogens with zero attached hydrogens (tertiary/aromatic N) is 3. The Kier molecular flexibility index (Phi) is 9.99. The summed E-state index contributed by atoms with van der Waals surface area (Å²) in [6.07, 6.45) is 4.68. The van der Waals surface area contributed by atoms with Crippen LogP contribution >= 0.6 is 43.2 Å². The van der Waals surface area contributed by atoms with Crippen molar-refractivity contribution >= 4 is 60.9 Å². The van der Waals surface area contributed by atoms with Gasteiger partial charge in [0.15, 0.2) is 0 Å². The van der Waals surface area contributed by atoms with Gasteiger partial charge in [0.05, 0.1) is 11.8 Å². The van der Waals surface area contributed by atoms with Crippen LogP contribution in [0, 0.1) is 11.8 Å². The zero-order valence-corrected chi connectivity index (χ0v) is 21.3. The number of nitrogens with one attached hydrogen (secondary N) is 2. The van der Waals surface area contributed by atoms with Crippen molar-refractivity contribution in [1.29, 1.82) is 0 Å². The van der Waals surface area contributed by atoms with Crippen LogP contribution in [0.3, 0.4) is 0 Å². The van der Waals surface area contributed by atoms with Crippen LogP contribution in [0.15, 0.2) is 4.99 Å². The van der Waals surface area contributed by atoms with Crippen LogP contribution < -0.4 is 22.3 Å². The molecule has 0 aromatic heterocycles. The van der Waals surface area contributed by atoms with E-state index in [4.69, 9.17) is 11.7 Å². The summed E-state index contributed by atoms with van der Waals surface area (Å²) in [7, 11) is 7.20. The molecular formula is C18H33N7O2S4. The van der Waals surface area contributed by atoms with Crippen LogP contribution in [0.5, 0.6) is 0 Å². The minimum atomic E-state index is -0.841. The molecule has 5 unspecified atom stereocenters. The second-order valence-corrected chi connectivity index (χ2v) is 13.3. The summed E-state index contributed by atoms with van der Waals surface area (Å²) in [6.45, 7) is 4.16. The van der Waals surface area contributed by atoms with Gasteiger partial charge in [0.1, 0.15) is 0 Å². The molecule has 0 aromatic rings. The standard InChI is InChI=1S/C18H33N7O2S4/c1-3-5-11(13-7-9-28-30-13)15(26)21-17-23-18(25(20)24(17)19)22-16(27)12(6-4-2)14-8-10-29-31-14/h11-14,17H,3-10,19-20H2,1-2H3,(H,21,26)(H,22,23,27). The lowest BCUT2D eigenvalue weighted by Crippen LogP contribution is -2.60. The zero-order chi connectivity index (χ0) is 22.4. The first-order valence-electron chi connectivity index (χ1n) is 10.8. The third-order valence-electron chi connectivity index (χ3n) is 5.59. The molecule has 2 fully saturated rings. The largest absolute Gasteiger partial charge is 0.319 e. The van der Waals surface area contributed by atoms with Crippen molar-refractivity contribution in [3.05, 3.63) is 0 Å². The molecule has 0 radical (unpaired) electrons. The molecule has 0 aromatic carbocycles. The van der Waals surface area contributed by atoms with Gasteiger partial charge in [-0.3, -0.25) is 14.9 Å². The first kappa shape index (κ1) is 25.3. The monoisotopic (exact) mass is 507 g/mol. The minimum absolute atomic E-state index is 0.0738. The third kappa shape index (κ3) is 6.39. The predicted molar refractivity (Wildman–Crippen MR) is 133 cm³/mol. The first-order chi connectivity index (χ1) is 15.0. The summed E-state index contributed by atoms with van der Waals surface area (Å²) in [6, 6.07) is 0. The maximum absolute atomic E-state index is 13.0. The molecule has 0 bridgehead atoms. The SMILES string of the molecule is CCCC(C(=O)NC1=NC(NC(=O)C(CCC)C2CCSS2)N(N)N1N)C1CCSS1. The highest BCUT2D eigenvalue weighted by Crippen LogP contribution is 2.43. The van der Waals surface area contributed by atoms with E-state index in [1.165, 1.54) is 0 Å². The lowest BCUT2D eigenvalue weighted by Gasteiger charge is -2.27. The average Bonchev–Trinajstić information content (AvgIpc) is 3.51. The molecule has 31 heavy (non-hydrogen) atoms. The van der Waals surface area contributed by atoms with Gasteiger partial charge in [-0.15, -0.1) is 0 Å². The second kappa shape index (κ2) is 12.2. The van der Waals surface area contributed by atoms with E-state index in [-0.39, 0.29) is 29.6 Å². The van der Waals surface area contributed by atoms with Crippen molar-refractivity contribution in [3.63, 3.8) is 0 Å². The van der Waals surface area contributed by atoms with Crippen LogP contribution in [-0.2, 0) is 9.59 Å². The molecule has 0 saturated carbocycles. The quantitative estimate of drug-likeness (QED) is 0.272. The Morgan fingerprint density at radius 1 is 1.03 bits per heavy atom. The summed E-state index contributed by atoms with van der Waals surface area (Å²) in [4.78, 5) is 30.4. The van der Waals surface area contributed by atoms with Crippen molar-refractivity contribution in [3.8, 4) is 0 Å². The van der Waals surface area contributed by atoms with E-state index >= 15 is 0 Å². The third-order valence-corrected chi connectivity index (χ3v) is 11.6. The van der Waals surface area contributed by atoms with Crippen LogP contribution in [0.4, 0.5) is 0 Å². The number of hydrogen-bond acceptors (Lipinski definition) is 11. The Morgan fingerprint density at radius 3 is 2.06 bits per heavy atom. The highest BCUT2D eigenvalue weighted by molar-refractivity contribution is 8.77. The Bertz CT molecular complexity index is 659. The van der Waals surface area contributed by atoms with Gasteiger partial charge in [0, 0.05) is 22.0 Å². The van der Waals surface area contributed by atoms with E-state index in [9.17, 15) is 9.59 Å². The normalized spacial score (nSPS) is 28.5. The van der Waals surface area contributed by atoms with Crippen molar-refractivity contribution in [1.82, 2.24) is 20.9 Å². The summed E-state index contributed by atoms with van der Waals surface area (Å²) in [5.41, 5.74) is 0. The van der Waals surface area contributed by atoms with Crippen molar-refractivity contribution in [2.75, 3.05) is 11.5 Å². The fourth-order valence-corrected chi connectivity index (χ4v) is 10.3. The first-order valence-corrected chi connectivity index (χ1v) is 15.6. The molecule has 3 aliphatic heterocycles. The summed E-state index contributed by atoms with van der Waals surface area (Å²) in [5, 5.41) is 8.57. The Morgan fingerprint density at radius 2 is 1.58 bits per heavy atom. The van der Waals surface area contributed by atoms with Gasteiger partial charge in [-0.25, -0.2) is 16.7 Å². The van der Waals surface area contributed by atoms with Crippen LogP contribution in [0.1, 0.15) is 52.4 Å². The lowest BCUT2D eigenvalue weighted by molar-refractivity contribution is -0.129. The van der Waals surface area contributed by atoms with Crippen molar-refractivity contribution < 1.29 is 9.59 Å². The molecular weight excluding hydrogens is 475 g/mol. The fourth-order valence-electron chi connectivity index (χ4n) is 3.91. The number of carbonyl (C=O) groups excluding carboxylic acids is 2. The molecule has 2 amide bonds. The molecule has 0 aliphatic carbocycles. The molecule has 3 rings (SSSR count). The molecule has 13 heteroatoms. The van der Waals surface area contributed by atoms with Crippen LogP contribution in [0.2, 0.25) is 0 Å².